The van der Waals surface area contributed by atoms with E-state index in [-0.39, 0.29) is 10.6 Å². The number of hydrogen-bond donors (Lipinski definition) is 1. The summed E-state index contributed by atoms with van der Waals surface area (Å²) in [6.07, 6.45) is 3.53. The van der Waals surface area contributed by atoms with Gasteiger partial charge < -0.3 is 5.73 Å². The third-order valence-corrected chi connectivity index (χ3v) is 2.75. The molecule has 0 spiro atoms. The monoisotopic (exact) mass is 247 g/mol. The van der Waals surface area contributed by atoms with E-state index in [4.69, 9.17) is 17.3 Å². The lowest BCUT2D eigenvalue weighted by Crippen LogP contribution is -2.14. The van der Waals surface area contributed by atoms with Gasteiger partial charge in [-0.1, -0.05) is 37.8 Å². The molecule has 0 aliphatic carbocycles. The largest absolute Gasteiger partial charge is 0.324 e. The van der Waals surface area contributed by atoms with E-state index < -0.39 is 17.7 Å². The standard InChI is InChI=1S/C12H16ClF2N/c1-2-3-4-5-11(16)12-9(14)6-8(13)7-10(12)15/h6-7,11H,2-5,16H2,1H3/t11-/m1/s1. The van der Waals surface area contributed by atoms with Gasteiger partial charge in [-0.25, -0.2) is 8.78 Å². The molecule has 0 saturated heterocycles. The first kappa shape index (κ1) is 13.4. The smallest absolute Gasteiger partial charge is 0.132 e. The molecule has 0 saturated carbocycles. The normalized spacial score (nSPS) is 12.8. The molecule has 16 heavy (non-hydrogen) atoms. The van der Waals surface area contributed by atoms with Crippen molar-refractivity contribution in [1.29, 1.82) is 0 Å². The lowest BCUT2D eigenvalue weighted by atomic mass is 10.0. The Bertz CT molecular complexity index is 332. The summed E-state index contributed by atoms with van der Waals surface area (Å²) in [5, 5.41) is 0.0551. The van der Waals surface area contributed by atoms with E-state index in [2.05, 4.69) is 6.92 Å². The molecule has 4 heteroatoms. The van der Waals surface area contributed by atoms with Crippen molar-refractivity contribution < 1.29 is 8.78 Å². The second kappa shape index (κ2) is 6.16. The van der Waals surface area contributed by atoms with Crippen molar-refractivity contribution in [3.63, 3.8) is 0 Å². The minimum Gasteiger partial charge on any atom is -0.324 e. The molecule has 0 bridgehead atoms. The van der Waals surface area contributed by atoms with E-state index in [9.17, 15) is 8.78 Å². The maximum Gasteiger partial charge on any atom is 0.132 e. The van der Waals surface area contributed by atoms with E-state index in [0.29, 0.717) is 6.42 Å². The first-order valence-electron chi connectivity index (χ1n) is 5.46. The molecule has 1 atom stereocenters. The van der Waals surface area contributed by atoms with Crippen molar-refractivity contribution in [1.82, 2.24) is 0 Å². The lowest BCUT2D eigenvalue weighted by molar-refractivity contribution is 0.498. The van der Waals surface area contributed by atoms with Crippen LogP contribution in [0.15, 0.2) is 12.1 Å². The summed E-state index contributed by atoms with van der Waals surface area (Å²) in [6, 6.07) is 1.60. The highest BCUT2D eigenvalue weighted by atomic mass is 35.5. The molecule has 2 N–H and O–H groups in total. The van der Waals surface area contributed by atoms with Crippen LogP contribution < -0.4 is 5.73 Å². The molecule has 0 aliphatic rings. The molecule has 0 fully saturated rings. The second-order valence-electron chi connectivity index (χ2n) is 3.89. The molecular weight excluding hydrogens is 232 g/mol. The van der Waals surface area contributed by atoms with E-state index >= 15 is 0 Å². The number of halogens is 3. The van der Waals surface area contributed by atoms with Crippen molar-refractivity contribution >= 4 is 11.6 Å². The van der Waals surface area contributed by atoms with E-state index in [1.807, 2.05) is 0 Å². The van der Waals surface area contributed by atoms with Gasteiger partial charge in [-0.2, -0.15) is 0 Å². The molecule has 90 valence electrons. The fourth-order valence-corrected chi connectivity index (χ4v) is 1.86. The fraction of sp³-hybridized carbons (Fsp3) is 0.500. The van der Waals surface area contributed by atoms with Crippen LogP contribution in [0.5, 0.6) is 0 Å². The summed E-state index contributed by atoms with van der Waals surface area (Å²) in [5.74, 6) is -1.32. The van der Waals surface area contributed by atoms with Crippen LogP contribution in [-0.4, -0.2) is 0 Å². The molecule has 1 nitrogen and oxygen atoms in total. The van der Waals surface area contributed by atoms with Gasteiger partial charge in [0.25, 0.3) is 0 Å². The first-order valence-corrected chi connectivity index (χ1v) is 5.84. The molecule has 0 radical (unpaired) electrons. The SMILES string of the molecule is CCCCC[C@@H](N)c1c(F)cc(Cl)cc1F. The number of nitrogens with two attached hydrogens (primary N) is 1. The van der Waals surface area contributed by atoms with Crippen LogP contribution in [0.2, 0.25) is 5.02 Å². The Kier molecular flexibility index (Phi) is 5.16. The molecule has 0 unspecified atom stereocenters. The zero-order valence-electron chi connectivity index (χ0n) is 9.27. The Morgan fingerprint density at radius 3 is 2.31 bits per heavy atom. The lowest BCUT2D eigenvalue weighted by Gasteiger charge is -2.13. The quantitative estimate of drug-likeness (QED) is 0.776. The summed E-state index contributed by atoms with van der Waals surface area (Å²) < 4.78 is 26.9. The minimum absolute atomic E-state index is 0.0551. The highest BCUT2D eigenvalue weighted by molar-refractivity contribution is 6.30. The van der Waals surface area contributed by atoms with Gasteiger partial charge in [-0.05, 0) is 18.6 Å². The number of benzene rings is 1. The van der Waals surface area contributed by atoms with Gasteiger partial charge in [0.2, 0.25) is 0 Å². The van der Waals surface area contributed by atoms with E-state index in [1.54, 1.807) is 0 Å². The van der Waals surface area contributed by atoms with Gasteiger partial charge in [0.05, 0.1) is 0 Å². The zero-order chi connectivity index (χ0) is 12.1. The van der Waals surface area contributed by atoms with Gasteiger partial charge in [0.1, 0.15) is 11.6 Å². The summed E-state index contributed by atoms with van der Waals surface area (Å²) in [4.78, 5) is 0. The first-order chi connectivity index (χ1) is 7.56. The Balaban J connectivity index is 2.78. The molecule has 0 heterocycles. The molecule has 1 rings (SSSR count). The molecule has 0 amide bonds. The third kappa shape index (κ3) is 3.42. The van der Waals surface area contributed by atoms with Crippen LogP contribution in [-0.2, 0) is 0 Å². The Hall–Kier alpha value is -0.670. The van der Waals surface area contributed by atoms with Crippen LogP contribution >= 0.6 is 11.6 Å². The van der Waals surface area contributed by atoms with Gasteiger partial charge >= 0.3 is 0 Å². The Morgan fingerprint density at radius 1 is 1.25 bits per heavy atom. The van der Waals surface area contributed by atoms with Crippen LogP contribution in [0.25, 0.3) is 0 Å². The van der Waals surface area contributed by atoms with Crippen LogP contribution in [0, 0.1) is 11.6 Å². The molecule has 0 aromatic heterocycles. The van der Waals surface area contributed by atoms with Crippen LogP contribution in [0.1, 0.15) is 44.2 Å². The highest BCUT2D eigenvalue weighted by Gasteiger charge is 2.17. The predicted molar refractivity (Wildman–Crippen MR) is 62.4 cm³/mol. The summed E-state index contributed by atoms with van der Waals surface area (Å²) in [6.45, 7) is 2.06. The fourth-order valence-electron chi connectivity index (χ4n) is 1.67. The average molecular weight is 248 g/mol. The number of rotatable bonds is 5. The van der Waals surface area contributed by atoms with Crippen LogP contribution in [0.4, 0.5) is 8.78 Å². The van der Waals surface area contributed by atoms with Gasteiger partial charge in [0.15, 0.2) is 0 Å². The molecular formula is C12H16ClF2N. The van der Waals surface area contributed by atoms with Crippen molar-refractivity contribution in [3.05, 3.63) is 34.4 Å². The van der Waals surface area contributed by atoms with Gasteiger partial charge in [0, 0.05) is 16.6 Å². The third-order valence-electron chi connectivity index (χ3n) is 2.53. The summed E-state index contributed by atoms with van der Waals surface area (Å²) in [5.41, 5.74) is 5.71. The van der Waals surface area contributed by atoms with Gasteiger partial charge in [-0.3, -0.25) is 0 Å². The van der Waals surface area contributed by atoms with E-state index in [0.717, 1.165) is 31.4 Å². The maximum absolute atomic E-state index is 13.5. The number of hydrogen-bond acceptors (Lipinski definition) is 1. The topological polar surface area (TPSA) is 26.0 Å². The summed E-state index contributed by atoms with van der Waals surface area (Å²) in [7, 11) is 0. The summed E-state index contributed by atoms with van der Waals surface area (Å²) >= 11 is 5.53. The van der Waals surface area contributed by atoms with Crippen molar-refractivity contribution in [2.24, 2.45) is 5.73 Å². The average Bonchev–Trinajstić information content (AvgIpc) is 2.16. The maximum atomic E-state index is 13.5. The highest BCUT2D eigenvalue weighted by Crippen LogP contribution is 2.26. The van der Waals surface area contributed by atoms with Crippen molar-refractivity contribution in [2.75, 3.05) is 0 Å². The Morgan fingerprint density at radius 2 is 1.81 bits per heavy atom. The minimum atomic E-state index is -0.658. The number of unbranched alkanes of at least 4 members (excludes halogenated alkanes) is 2. The molecule has 1 aromatic carbocycles. The second-order valence-corrected chi connectivity index (χ2v) is 4.32. The van der Waals surface area contributed by atoms with Crippen LogP contribution in [0.3, 0.4) is 0 Å². The molecule has 0 aliphatic heterocycles. The molecule has 1 aromatic rings. The van der Waals surface area contributed by atoms with E-state index in [1.165, 1.54) is 0 Å². The van der Waals surface area contributed by atoms with Gasteiger partial charge in [-0.15, -0.1) is 0 Å². The van der Waals surface area contributed by atoms with Crippen molar-refractivity contribution in [3.8, 4) is 0 Å². The van der Waals surface area contributed by atoms with Crippen molar-refractivity contribution in [2.45, 2.75) is 38.6 Å². The predicted octanol–water partition coefficient (Wildman–Crippen LogP) is 4.20. The zero-order valence-corrected chi connectivity index (χ0v) is 10.0. The Labute approximate surface area is 99.6 Å².